The number of rotatable bonds is 4. The molecular weight excluding hydrogens is 523 g/mol. The number of nitrogens with two attached hydrogens (primary N) is 1. The number of anilines is 2. The molecule has 11 heteroatoms. The third-order valence-electron chi connectivity index (χ3n) is 6.92. The molecule has 8 nitrogen and oxygen atoms in total. The Morgan fingerprint density at radius 2 is 1.89 bits per heavy atom. The first-order valence-corrected chi connectivity index (χ1v) is 13.7. The summed E-state index contributed by atoms with van der Waals surface area (Å²) in [4.78, 5) is 19.3. The highest BCUT2D eigenvalue weighted by Gasteiger charge is 2.44. The summed E-state index contributed by atoms with van der Waals surface area (Å²) in [7, 11) is -4.23. The number of para-hydroxylation sites is 1. The van der Waals surface area contributed by atoms with Crippen molar-refractivity contribution in [2.24, 2.45) is 5.14 Å². The van der Waals surface area contributed by atoms with Gasteiger partial charge in [0.2, 0.25) is 0 Å². The van der Waals surface area contributed by atoms with Crippen molar-refractivity contribution in [1.82, 2.24) is 9.88 Å². The fourth-order valence-corrected chi connectivity index (χ4v) is 6.11. The van der Waals surface area contributed by atoms with E-state index in [-0.39, 0.29) is 27.6 Å². The standard InChI is InChI=1S/C25H24Cl2N4O4S/c1-15-6-7-16(26)12-19(15)30-22-17(13-29-23(21(22)27)36(28,33)34)24(32)31-10-8-25(9-11-31)14-35-20-5-3-2-4-18(20)25/h2-7,12-13H,8-11,14H2,1H3,(H,29,30)(H2,28,33,34). The smallest absolute Gasteiger partial charge is 0.257 e. The number of piperidine rings is 1. The van der Waals surface area contributed by atoms with Gasteiger partial charge in [-0.1, -0.05) is 47.5 Å². The number of ether oxygens (including phenoxy) is 1. The molecule has 0 bridgehead atoms. The normalized spacial score (nSPS) is 16.5. The molecule has 1 fully saturated rings. The molecular formula is C25H24Cl2N4O4S. The Morgan fingerprint density at radius 3 is 2.61 bits per heavy atom. The average Bonchev–Trinajstić information content (AvgIpc) is 3.20. The Morgan fingerprint density at radius 1 is 1.17 bits per heavy atom. The molecule has 1 amide bonds. The van der Waals surface area contributed by atoms with Gasteiger partial charge in [0.25, 0.3) is 15.9 Å². The van der Waals surface area contributed by atoms with Crippen molar-refractivity contribution < 1.29 is 17.9 Å². The number of halogens is 2. The van der Waals surface area contributed by atoms with E-state index in [2.05, 4.69) is 16.4 Å². The van der Waals surface area contributed by atoms with Crippen LogP contribution in [0.3, 0.4) is 0 Å². The van der Waals surface area contributed by atoms with Crippen molar-refractivity contribution in [2.45, 2.75) is 30.2 Å². The summed E-state index contributed by atoms with van der Waals surface area (Å²) in [6, 6.07) is 13.2. The number of fused-ring (bicyclic) bond motifs is 2. The molecule has 5 rings (SSSR count). The van der Waals surface area contributed by atoms with E-state index in [9.17, 15) is 13.2 Å². The number of primary sulfonamides is 1. The summed E-state index contributed by atoms with van der Waals surface area (Å²) in [6.07, 6.45) is 2.68. The van der Waals surface area contributed by atoms with Crippen LogP contribution in [-0.4, -0.2) is 43.9 Å². The van der Waals surface area contributed by atoms with E-state index in [4.69, 9.17) is 33.1 Å². The number of aryl methyl sites for hydroxylation is 1. The van der Waals surface area contributed by atoms with E-state index in [0.29, 0.717) is 30.4 Å². The highest BCUT2D eigenvalue weighted by molar-refractivity contribution is 7.89. The second-order valence-corrected chi connectivity index (χ2v) is 11.4. The summed E-state index contributed by atoms with van der Waals surface area (Å²) >= 11 is 12.6. The number of pyridine rings is 1. The molecule has 2 aliphatic rings. The van der Waals surface area contributed by atoms with Gasteiger partial charge in [-0.25, -0.2) is 18.5 Å². The highest BCUT2D eigenvalue weighted by atomic mass is 35.5. The van der Waals surface area contributed by atoms with E-state index >= 15 is 0 Å². The van der Waals surface area contributed by atoms with Crippen LogP contribution in [0.4, 0.5) is 11.4 Å². The molecule has 1 spiro atoms. The molecule has 188 valence electrons. The monoisotopic (exact) mass is 546 g/mol. The SMILES string of the molecule is Cc1ccc(Cl)cc1Nc1c(C(=O)N2CCC3(CC2)COc2ccccc23)cnc(S(N)(=O)=O)c1Cl. The zero-order chi connectivity index (χ0) is 25.7. The minimum Gasteiger partial charge on any atom is -0.492 e. The zero-order valence-electron chi connectivity index (χ0n) is 19.4. The second kappa shape index (κ2) is 9.23. The zero-order valence-corrected chi connectivity index (χ0v) is 21.8. The minimum absolute atomic E-state index is 0.112. The fourth-order valence-electron chi connectivity index (χ4n) is 4.86. The van der Waals surface area contributed by atoms with Crippen molar-refractivity contribution in [3.05, 3.63) is 75.4 Å². The molecule has 2 aromatic carbocycles. The van der Waals surface area contributed by atoms with Gasteiger partial charge in [-0.05, 0) is 43.5 Å². The minimum atomic E-state index is -4.23. The molecule has 0 aliphatic carbocycles. The Hall–Kier alpha value is -2.85. The second-order valence-electron chi connectivity index (χ2n) is 9.15. The van der Waals surface area contributed by atoms with Crippen molar-refractivity contribution in [1.29, 1.82) is 0 Å². The predicted molar refractivity (Wildman–Crippen MR) is 139 cm³/mol. The van der Waals surface area contributed by atoms with Crippen LogP contribution >= 0.6 is 23.2 Å². The number of hydrogen-bond donors (Lipinski definition) is 2. The first kappa shape index (κ1) is 24.8. The number of benzene rings is 2. The Balaban J connectivity index is 1.47. The quantitative estimate of drug-likeness (QED) is 0.492. The summed E-state index contributed by atoms with van der Waals surface area (Å²) < 4.78 is 30.1. The van der Waals surface area contributed by atoms with E-state index < -0.39 is 15.0 Å². The van der Waals surface area contributed by atoms with Crippen molar-refractivity contribution in [2.75, 3.05) is 25.0 Å². The van der Waals surface area contributed by atoms with Gasteiger partial charge in [0.05, 0.1) is 17.9 Å². The number of hydrogen-bond acceptors (Lipinski definition) is 6. The largest absolute Gasteiger partial charge is 0.492 e. The number of carbonyl (C=O) groups is 1. The lowest BCUT2D eigenvalue weighted by molar-refractivity contribution is 0.0647. The first-order chi connectivity index (χ1) is 17.1. The van der Waals surface area contributed by atoms with Gasteiger partial charge < -0.3 is 15.0 Å². The van der Waals surface area contributed by atoms with Crippen molar-refractivity contribution in [3.63, 3.8) is 0 Å². The molecule has 0 saturated carbocycles. The number of sulfonamides is 1. The third-order valence-corrected chi connectivity index (χ3v) is 8.48. The third kappa shape index (κ3) is 4.41. The van der Waals surface area contributed by atoms with Gasteiger partial charge in [0.1, 0.15) is 10.8 Å². The highest BCUT2D eigenvalue weighted by Crippen LogP contribution is 2.45. The molecule has 36 heavy (non-hydrogen) atoms. The lowest BCUT2D eigenvalue weighted by Gasteiger charge is -2.38. The van der Waals surface area contributed by atoms with E-state index in [0.717, 1.165) is 24.2 Å². The fraction of sp³-hybridized carbons (Fsp3) is 0.280. The van der Waals surface area contributed by atoms with Gasteiger partial charge in [0, 0.05) is 41.0 Å². The van der Waals surface area contributed by atoms with E-state index in [1.165, 1.54) is 11.8 Å². The molecule has 0 atom stereocenters. The van der Waals surface area contributed by atoms with Gasteiger partial charge in [-0.2, -0.15) is 0 Å². The number of carbonyl (C=O) groups excluding carboxylic acids is 1. The summed E-state index contributed by atoms with van der Waals surface area (Å²) in [6.45, 7) is 3.44. The average molecular weight is 547 g/mol. The number of nitrogens with one attached hydrogen (secondary N) is 1. The number of nitrogens with zero attached hydrogens (tertiary/aromatic N) is 2. The number of aromatic nitrogens is 1. The van der Waals surface area contributed by atoms with Crippen LogP contribution in [0.2, 0.25) is 10.0 Å². The number of amides is 1. The summed E-state index contributed by atoms with van der Waals surface area (Å²) in [5, 5.41) is 8.11. The van der Waals surface area contributed by atoms with Crippen molar-refractivity contribution >= 4 is 50.5 Å². The molecule has 0 radical (unpaired) electrons. The molecule has 1 saturated heterocycles. The molecule has 0 unspecified atom stereocenters. The van der Waals surface area contributed by atoms with E-state index in [1.54, 1.807) is 23.1 Å². The maximum absolute atomic E-state index is 13.7. The number of likely N-dealkylation sites (tertiary alicyclic amines) is 1. The summed E-state index contributed by atoms with van der Waals surface area (Å²) in [5.41, 5.74) is 2.70. The van der Waals surface area contributed by atoms with Crippen LogP contribution < -0.4 is 15.2 Å². The van der Waals surface area contributed by atoms with Crippen LogP contribution in [0.1, 0.15) is 34.3 Å². The maximum Gasteiger partial charge on any atom is 0.257 e. The molecule has 3 N–H and O–H groups in total. The molecule has 2 aliphatic heterocycles. The van der Waals surface area contributed by atoms with Gasteiger partial charge in [0.15, 0.2) is 5.03 Å². The summed E-state index contributed by atoms with van der Waals surface area (Å²) in [5.74, 6) is 0.588. The van der Waals surface area contributed by atoms with Crippen molar-refractivity contribution in [3.8, 4) is 5.75 Å². The lowest BCUT2D eigenvalue weighted by Crippen LogP contribution is -2.46. The van der Waals surface area contributed by atoms with Crippen LogP contribution in [0.15, 0.2) is 53.7 Å². The Kier molecular flexibility index (Phi) is 6.36. The van der Waals surface area contributed by atoms with E-state index in [1.807, 2.05) is 25.1 Å². The van der Waals surface area contributed by atoms with Gasteiger partial charge in [-0.3, -0.25) is 4.79 Å². The molecule has 3 heterocycles. The predicted octanol–water partition coefficient (Wildman–Crippen LogP) is 4.65. The Bertz CT molecular complexity index is 1470. The van der Waals surface area contributed by atoms with Crippen LogP contribution in [0, 0.1) is 6.92 Å². The van der Waals surface area contributed by atoms with Crippen LogP contribution in [0.25, 0.3) is 0 Å². The first-order valence-electron chi connectivity index (χ1n) is 11.4. The van der Waals surface area contributed by atoms with Gasteiger partial charge in [-0.15, -0.1) is 0 Å². The topological polar surface area (TPSA) is 115 Å². The lowest BCUT2D eigenvalue weighted by atomic mass is 9.74. The maximum atomic E-state index is 13.7. The van der Waals surface area contributed by atoms with Crippen LogP contribution in [-0.2, 0) is 15.4 Å². The Labute approximate surface area is 219 Å². The van der Waals surface area contributed by atoms with Crippen LogP contribution in [0.5, 0.6) is 5.75 Å². The molecule has 3 aromatic rings. The van der Waals surface area contributed by atoms with Gasteiger partial charge >= 0.3 is 0 Å². The molecule has 1 aromatic heterocycles.